The van der Waals surface area contributed by atoms with Gasteiger partial charge in [0.1, 0.15) is 17.1 Å². The molecule has 178 valence electrons. The number of ether oxygens (including phenoxy) is 1. The summed E-state index contributed by atoms with van der Waals surface area (Å²) < 4.78 is 11.8. The van der Waals surface area contributed by atoms with Gasteiger partial charge >= 0.3 is 0 Å². The van der Waals surface area contributed by atoms with Crippen LogP contribution in [0.3, 0.4) is 0 Å². The first-order valence-electron chi connectivity index (χ1n) is 12.5. The fraction of sp³-hybridized carbons (Fsp3) is 0.414. The molecule has 2 aliphatic rings. The third kappa shape index (κ3) is 4.76. The fourth-order valence-corrected chi connectivity index (χ4v) is 5.24. The average Bonchev–Trinajstić information content (AvgIpc) is 3.25. The van der Waals surface area contributed by atoms with Crippen LogP contribution in [-0.4, -0.2) is 55.5 Å². The first-order chi connectivity index (χ1) is 16.6. The molecule has 5 rings (SSSR count). The number of nitrogens with zero attached hydrogens (tertiary/aromatic N) is 2. The molecule has 1 aromatic heterocycles. The van der Waals surface area contributed by atoms with Crippen LogP contribution in [0.4, 0.5) is 0 Å². The Morgan fingerprint density at radius 1 is 1.06 bits per heavy atom. The zero-order valence-corrected chi connectivity index (χ0v) is 20.3. The summed E-state index contributed by atoms with van der Waals surface area (Å²) in [7, 11) is 1.68. The Labute approximate surface area is 202 Å². The van der Waals surface area contributed by atoms with Gasteiger partial charge in [-0.15, -0.1) is 0 Å². The Morgan fingerprint density at radius 3 is 2.59 bits per heavy atom. The van der Waals surface area contributed by atoms with Crippen LogP contribution in [0.2, 0.25) is 0 Å². The van der Waals surface area contributed by atoms with Crippen molar-refractivity contribution in [1.29, 1.82) is 0 Å². The third-order valence-electron chi connectivity index (χ3n) is 7.29. The van der Waals surface area contributed by atoms with E-state index in [-0.39, 0.29) is 5.91 Å². The molecule has 0 N–H and O–H groups in total. The number of benzene rings is 2. The second kappa shape index (κ2) is 10.1. The van der Waals surface area contributed by atoms with Crippen LogP contribution in [0.25, 0.3) is 16.5 Å². The van der Waals surface area contributed by atoms with E-state index in [2.05, 4.69) is 41.3 Å². The maximum atomic E-state index is 13.1. The highest BCUT2D eigenvalue weighted by Gasteiger charge is 2.22. The van der Waals surface area contributed by atoms with Gasteiger partial charge in [0.25, 0.3) is 0 Å². The Morgan fingerprint density at radius 2 is 1.82 bits per heavy atom. The summed E-state index contributed by atoms with van der Waals surface area (Å²) in [6.45, 7) is 6.41. The van der Waals surface area contributed by atoms with Gasteiger partial charge in [0.15, 0.2) is 0 Å². The quantitative estimate of drug-likeness (QED) is 0.482. The van der Waals surface area contributed by atoms with Gasteiger partial charge in [-0.05, 0) is 49.8 Å². The van der Waals surface area contributed by atoms with E-state index in [0.29, 0.717) is 0 Å². The number of allylic oxidation sites excluding steroid dienone is 1. The number of piperazine rings is 1. The first-order valence-corrected chi connectivity index (χ1v) is 12.5. The second-order valence-corrected chi connectivity index (χ2v) is 9.49. The average molecular weight is 459 g/mol. The summed E-state index contributed by atoms with van der Waals surface area (Å²) in [6, 6.07) is 14.7. The number of amides is 1. The van der Waals surface area contributed by atoms with Crippen molar-refractivity contribution in [2.75, 3.05) is 39.8 Å². The minimum atomic E-state index is 0.0802. The zero-order chi connectivity index (χ0) is 23.5. The second-order valence-electron chi connectivity index (χ2n) is 9.49. The number of carbonyl (C=O) groups excluding carboxylic acids is 1. The predicted molar refractivity (Wildman–Crippen MR) is 136 cm³/mol. The van der Waals surface area contributed by atoms with E-state index in [9.17, 15) is 4.79 Å². The molecule has 0 bridgehead atoms. The maximum absolute atomic E-state index is 13.1. The largest absolute Gasteiger partial charge is 0.496 e. The lowest BCUT2D eigenvalue weighted by Crippen LogP contribution is -2.48. The number of methoxy groups -OCH3 is 1. The number of furan rings is 1. The fourth-order valence-electron chi connectivity index (χ4n) is 5.24. The van der Waals surface area contributed by atoms with Crippen LogP contribution in [0.5, 0.6) is 5.75 Å². The van der Waals surface area contributed by atoms with E-state index in [1.54, 1.807) is 13.2 Å². The van der Waals surface area contributed by atoms with Crippen molar-refractivity contribution in [3.63, 3.8) is 0 Å². The summed E-state index contributed by atoms with van der Waals surface area (Å²) in [5.74, 6) is 1.95. The monoisotopic (exact) mass is 458 g/mol. The van der Waals surface area contributed by atoms with Crippen LogP contribution in [0.1, 0.15) is 42.2 Å². The Hall–Kier alpha value is -3.05. The van der Waals surface area contributed by atoms with Gasteiger partial charge in [0.2, 0.25) is 5.91 Å². The number of fused-ring (bicyclic) bond motifs is 3. The summed E-state index contributed by atoms with van der Waals surface area (Å²) in [6.07, 6.45) is 7.28. The number of aryl methyl sites for hydroxylation is 2. The Bertz CT molecular complexity index is 1190. The van der Waals surface area contributed by atoms with Gasteiger partial charge in [-0.25, -0.2) is 0 Å². The molecule has 34 heavy (non-hydrogen) atoms. The Balaban J connectivity index is 1.26. The number of hydrogen-bond acceptors (Lipinski definition) is 4. The molecule has 0 atom stereocenters. The highest BCUT2D eigenvalue weighted by Crippen LogP contribution is 2.37. The van der Waals surface area contributed by atoms with Gasteiger partial charge in [0, 0.05) is 67.8 Å². The highest BCUT2D eigenvalue weighted by atomic mass is 16.5. The summed E-state index contributed by atoms with van der Waals surface area (Å²) in [4.78, 5) is 17.5. The molecule has 1 fully saturated rings. The molecule has 0 spiro atoms. The van der Waals surface area contributed by atoms with Crippen molar-refractivity contribution in [3.05, 3.63) is 71.0 Å². The standard InChI is InChI=1S/C29H34N2O3/c1-21(24-19-25-23-10-6-7-11-26(23)34-28(25)20-27(24)33-2)18-29(32)31-16-14-30(15-17-31)13-12-22-8-4-3-5-9-22/h3-5,8-9,18-20H,6-7,10-17H2,1-2H3/b21-18+. The van der Waals surface area contributed by atoms with E-state index < -0.39 is 0 Å². The van der Waals surface area contributed by atoms with Gasteiger partial charge in [-0.2, -0.15) is 0 Å². The predicted octanol–water partition coefficient (Wildman–Crippen LogP) is 5.11. The summed E-state index contributed by atoms with van der Waals surface area (Å²) in [5.41, 5.74) is 5.48. The van der Waals surface area contributed by atoms with Crippen LogP contribution < -0.4 is 4.74 Å². The minimum Gasteiger partial charge on any atom is -0.496 e. The van der Waals surface area contributed by atoms with E-state index in [0.717, 1.165) is 85.6 Å². The number of rotatable bonds is 6. The first kappa shape index (κ1) is 22.7. The van der Waals surface area contributed by atoms with Crippen molar-refractivity contribution in [2.24, 2.45) is 0 Å². The molecule has 5 nitrogen and oxygen atoms in total. The van der Waals surface area contributed by atoms with Crippen LogP contribution in [0.15, 0.2) is 53.0 Å². The highest BCUT2D eigenvalue weighted by molar-refractivity contribution is 5.97. The van der Waals surface area contributed by atoms with E-state index in [1.165, 1.54) is 24.0 Å². The molecule has 0 saturated carbocycles. The van der Waals surface area contributed by atoms with Crippen molar-refractivity contribution >= 4 is 22.4 Å². The molecule has 1 aliphatic carbocycles. The Kier molecular flexibility index (Phi) is 6.73. The van der Waals surface area contributed by atoms with E-state index in [1.807, 2.05) is 17.9 Å². The van der Waals surface area contributed by atoms with Crippen molar-refractivity contribution in [1.82, 2.24) is 9.80 Å². The van der Waals surface area contributed by atoms with Gasteiger partial charge in [0.05, 0.1) is 7.11 Å². The van der Waals surface area contributed by atoms with E-state index >= 15 is 0 Å². The molecule has 0 unspecified atom stereocenters. The minimum absolute atomic E-state index is 0.0802. The molecular formula is C29H34N2O3. The van der Waals surface area contributed by atoms with Crippen molar-refractivity contribution in [2.45, 2.75) is 39.0 Å². The van der Waals surface area contributed by atoms with Gasteiger partial charge < -0.3 is 14.1 Å². The van der Waals surface area contributed by atoms with Gasteiger partial charge in [-0.3, -0.25) is 9.69 Å². The molecule has 3 aromatic rings. The molecule has 1 saturated heterocycles. The van der Waals surface area contributed by atoms with Gasteiger partial charge in [-0.1, -0.05) is 30.3 Å². The number of hydrogen-bond donors (Lipinski definition) is 0. The van der Waals surface area contributed by atoms with Crippen LogP contribution in [0, 0.1) is 0 Å². The SMILES string of the molecule is COc1cc2oc3c(c2cc1/C(C)=C/C(=O)N1CCN(CCc2ccccc2)CC1)CCCC3. The molecule has 2 aromatic carbocycles. The molecule has 2 heterocycles. The topological polar surface area (TPSA) is 45.9 Å². The third-order valence-corrected chi connectivity index (χ3v) is 7.29. The molecule has 1 amide bonds. The van der Waals surface area contributed by atoms with Crippen molar-refractivity contribution in [3.8, 4) is 5.75 Å². The zero-order valence-electron chi connectivity index (χ0n) is 20.3. The smallest absolute Gasteiger partial charge is 0.246 e. The lowest BCUT2D eigenvalue weighted by molar-refractivity contribution is -0.127. The lowest BCUT2D eigenvalue weighted by Gasteiger charge is -2.34. The maximum Gasteiger partial charge on any atom is 0.246 e. The lowest BCUT2D eigenvalue weighted by atomic mass is 9.94. The molecule has 5 heteroatoms. The summed E-state index contributed by atoms with van der Waals surface area (Å²) >= 11 is 0. The van der Waals surface area contributed by atoms with Crippen LogP contribution in [-0.2, 0) is 24.1 Å². The van der Waals surface area contributed by atoms with Crippen molar-refractivity contribution < 1.29 is 13.9 Å². The van der Waals surface area contributed by atoms with Crippen LogP contribution >= 0.6 is 0 Å². The number of carbonyl (C=O) groups is 1. The van der Waals surface area contributed by atoms with E-state index in [4.69, 9.17) is 9.15 Å². The molecule has 0 radical (unpaired) electrons. The summed E-state index contributed by atoms with van der Waals surface area (Å²) in [5, 5.41) is 1.16. The molecular weight excluding hydrogens is 424 g/mol. The normalized spacial score (nSPS) is 17.1. The molecule has 1 aliphatic heterocycles.